The van der Waals surface area contributed by atoms with E-state index in [1.165, 1.54) is 5.69 Å². The van der Waals surface area contributed by atoms with E-state index in [2.05, 4.69) is 51.4 Å². The van der Waals surface area contributed by atoms with E-state index < -0.39 is 10.0 Å². The normalized spacial score (nSPS) is 23.6. The maximum atomic E-state index is 12.0. The van der Waals surface area contributed by atoms with Crippen molar-refractivity contribution in [2.24, 2.45) is 5.92 Å². The number of rotatable bonds is 7. The van der Waals surface area contributed by atoms with Gasteiger partial charge in [0.25, 0.3) is 0 Å². The first-order valence-corrected chi connectivity index (χ1v) is 11.2. The second-order valence-electron chi connectivity index (χ2n) is 7.73. The number of nitrogens with zero attached hydrogens (tertiary/aromatic N) is 1. The Labute approximate surface area is 157 Å². The lowest BCUT2D eigenvalue weighted by Gasteiger charge is -2.29. The molecular weight excluding hydrogens is 346 g/mol. The van der Waals surface area contributed by atoms with Crippen LogP contribution in [0.25, 0.3) is 0 Å². The third-order valence-corrected chi connectivity index (χ3v) is 7.35. The number of anilines is 2. The van der Waals surface area contributed by atoms with Gasteiger partial charge in [-0.2, -0.15) is 0 Å². The van der Waals surface area contributed by atoms with Gasteiger partial charge in [0.2, 0.25) is 10.0 Å². The molecule has 0 unspecified atom stereocenters. The molecule has 1 aromatic carbocycles. The lowest BCUT2D eigenvalue weighted by atomic mass is 9.86. The first kappa shape index (κ1) is 19.2. The van der Waals surface area contributed by atoms with Gasteiger partial charge in [0.05, 0.1) is 5.25 Å². The summed E-state index contributed by atoms with van der Waals surface area (Å²) in [5, 5.41) is 3.18. The highest BCUT2D eigenvalue weighted by Crippen LogP contribution is 2.26. The van der Waals surface area contributed by atoms with Crippen LogP contribution in [0.5, 0.6) is 0 Å². The molecule has 1 aliphatic heterocycles. The molecule has 6 heteroatoms. The van der Waals surface area contributed by atoms with Gasteiger partial charge in [0, 0.05) is 37.1 Å². The van der Waals surface area contributed by atoms with Crippen LogP contribution in [0.1, 0.15) is 39.5 Å². The zero-order valence-corrected chi connectivity index (χ0v) is 16.6. The van der Waals surface area contributed by atoms with Crippen LogP contribution >= 0.6 is 0 Å². The predicted molar refractivity (Wildman–Crippen MR) is 109 cm³/mol. The zero-order chi connectivity index (χ0) is 18.6. The summed E-state index contributed by atoms with van der Waals surface area (Å²) in [5.74, 6) is 0.609. The smallest absolute Gasteiger partial charge is 0.214 e. The number of hydrogen-bond donors (Lipinski definition) is 2. The molecule has 0 spiro atoms. The molecule has 1 aliphatic carbocycles. The fourth-order valence-electron chi connectivity index (χ4n) is 3.59. The topological polar surface area (TPSA) is 61.4 Å². The summed E-state index contributed by atoms with van der Waals surface area (Å²) in [4.78, 5) is 2.34. The van der Waals surface area contributed by atoms with Crippen LogP contribution < -0.4 is 14.9 Å². The molecule has 144 valence electrons. The Balaban J connectivity index is 1.41. The molecule has 3 rings (SSSR count). The van der Waals surface area contributed by atoms with Gasteiger partial charge in [0.15, 0.2) is 0 Å². The Morgan fingerprint density at radius 3 is 2.23 bits per heavy atom. The number of benzene rings is 1. The minimum atomic E-state index is -3.16. The largest absolute Gasteiger partial charge is 0.385 e. The molecule has 0 amide bonds. The van der Waals surface area contributed by atoms with Crippen molar-refractivity contribution >= 4 is 21.4 Å². The van der Waals surface area contributed by atoms with Crippen molar-refractivity contribution in [3.63, 3.8) is 0 Å². The summed E-state index contributed by atoms with van der Waals surface area (Å²) in [6.07, 6.45) is 8.39. The first-order valence-electron chi connectivity index (χ1n) is 9.69. The highest BCUT2D eigenvalue weighted by atomic mass is 32.2. The molecule has 0 aromatic heterocycles. The van der Waals surface area contributed by atoms with Gasteiger partial charge in [0.1, 0.15) is 0 Å². The number of nitrogens with one attached hydrogen (secondary N) is 2. The fourth-order valence-corrected chi connectivity index (χ4v) is 4.57. The molecule has 0 atom stereocenters. The van der Waals surface area contributed by atoms with Gasteiger partial charge in [-0.05, 0) is 69.7 Å². The Bertz CT molecular complexity index is 697. The minimum absolute atomic E-state index is 0.104. The molecule has 0 saturated heterocycles. The highest BCUT2D eigenvalue weighted by Gasteiger charge is 2.26. The van der Waals surface area contributed by atoms with Crippen LogP contribution in [-0.4, -0.2) is 39.3 Å². The lowest BCUT2D eigenvalue weighted by molar-refractivity contribution is 0.323. The Morgan fingerprint density at radius 1 is 1.04 bits per heavy atom. The fraction of sp³-hybridized carbons (Fsp3) is 0.600. The average molecular weight is 378 g/mol. The van der Waals surface area contributed by atoms with Crippen molar-refractivity contribution in [1.29, 1.82) is 0 Å². The Morgan fingerprint density at radius 2 is 1.65 bits per heavy atom. The average Bonchev–Trinajstić information content (AvgIpc) is 3.16. The van der Waals surface area contributed by atoms with Gasteiger partial charge in [-0.1, -0.05) is 12.2 Å². The molecule has 1 saturated carbocycles. The van der Waals surface area contributed by atoms with Crippen molar-refractivity contribution < 1.29 is 8.42 Å². The van der Waals surface area contributed by atoms with Crippen LogP contribution in [-0.2, 0) is 10.0 Å². The molecular formula is C20H31N3O2S. The number of hydrogen-bond acceptors (Lipinski definition) is 4. The number of sulfonamides is 1. The van der Waals surface area contributed by atoms with Crippen LogP contribution in [0.3, 0.4) is 0 Å². The van der Waals surface area contributed by atoms with E-state index in [0.717, 1.165) is 51.0 Å². The zero-order valence-electron chi connectivity index (χ0n) is 15.8. The molecule has 1 aromatic rings. The van der Waals surface area contributed by atoms with Crippen LogP contribution in [0.2, 0.25) is 0 Å². The summed E-state index contributed by atoms with van der Waals surface area (Å²) in [6.45, 7) is 6.40. The molecule has 1 fully saturated rings. The van der Waals surface area contributed by atoms with Crippen molar-refractivity contribution in [3.8, 4) is 0 Å². The van der Waals surface area contributed by atoms with E-state index in [4.69, 9.17) is 0 Å². The quantitative estimate of drug-likeness (QED) is 0.715. The second-order valence-corrected chi connectivity index (χ2v) is 10.0. The van der Waals surface area contributed by atoms with E-state index >= 15 is 0 Å². The summed E-state index contributed by atoms with van der Waals surface area (Å²) in [7, 11) is -3.16. The standard InChI is InChI=1S/C20H31N3O2S/c1-16(2)26(24,25)22-19-7-5-17(6-8-19)15-21-18-9-11-20(12-10-18)23-13-3-4-14-23/h3-4,9-12,16-17,19,21-22H,5-8,13-15H2,1-2H3/t17-,19-. The molecule has 0 radical (unpaired) electrons. The van der Waals surface area contributed by atoms with Gasteiger partial charge in [-0.25, -0.2) is 13.1 Å². The van der Waals surface area contributed by atoms with Gasteiger partial charge >= 0.3 is 0 Å². The molecule has 0 bridgehead atoms. The molecule has 2 aliphatic rings. The van der Waals surface area contributed by atoms with E-state index in [-0.39, 0.29) is 11.3 Å². The van der Waals surface area contributed by atoms with E-state index in [1.807, 2.05) is 0 Å². The minimum Gasteiger partial charge on any atom is -0.385 e. The monoisotopic (exact) mass is 377 g/mol. The molecule has 1 heterocycles. The molecule has 26 heavy (non-hydrogen) atoms. The third-order valence-electron chi connectivity index (χ3n) is 5.44. The van der Waals surface area contributed by atoms with Crippen LogP contribution in [0.4, 0.5) is 11.4 Å². The molecule has 2 N–H and O–H groups in total. The van der Waals surface area contributed by atoms with Crippen molar-refractivity contribution in [1.82, 2.24) is 4.72 Å². The lowest BCUT2D eigenvalue weighted by Crippen LogP contribution is -2.41. The van der Waals surface area contributed by atoms with Gasteiger partial charge in [-0.15, -0.1) is 0 Å². The molecule has 5 nitrogen and oxygen atoms in total. The third kappa shape index (κ3) is 5.01. The Kier molecular flexibility index (Phi) is 6.24. The maximum Gasteiger partial charge on any atom is 0.214 e. The summed E-state index contributed by atoms with van der Waals surface area (Å²) >= 11 is 0. The maximum absolute atomic E-state index is 12.0. The van der Waals surface area contributed by atoms with E-state index in [1.54, 1.807) is 13.8 Å². The van der Waals surface area contributed by atoms with E-state index in [0.29, 0.717) is 5.92 Å². The summed E-state index contributed by atoms with van der Waals surface area (Å²) < 4.78 is 26.8. The first-order chi connectivity index (χ1) is 12.4. The van der Waals surface area contributed by atoms with Crippen molar-refractivity contribution in [2.75, 3.05) is 29.9 Å². The van der Waals surface area contributed by atoms with Gasteiger partial charge in [-0.3, -0.25) is 0 Å². The van der Waals surface area contributed by atoms with Crippen molar-refractivity contribution in [2.45, 2.75) is 50.8 Å². The summed E-state index contributed by atoms with van der Waals surface area (Å²) in [5.41, 5.74) is 2.42. The SMILES string of the molecule is CC(C)S(=O)(=O)N[C@H]1CC[C@H](CNc2ccc(N3CC=CC3)cc2)CC1. The van der Waals surface area contributed by atoms with Crippen molar-refractivity contribution in [3.05, 3.63) is 36.4 Å². The predicted octanol–water partition coefficient (Wildman–Crippen LogP) is 3.36. The second kappa shape index (κ2) is 8.44. The van der Waals surface area contributed by atoms with Crippen LogP contribution in [0.15, 0.2) is 36.4 Å². The van der Waals surface area contributed by atoms with E-state index in [9.17, 15) is 8.42 Å². The van der Waals surface area contributed by atoms with Gasteiger partial charge < -0.3 is 10.2 Å². The highest BCUT2D eigenvalue weighted by molar-refractivity contribution is 7.90. The van der Waals surface area contributed by atoms with Crippen LogP contribution in [0, 0.1) is 5.92 Å². The Hall–Kier alpha value is -1.53. The summed E-state index contributed by atoms with van der Waals surface area (Å²) in [6, 6.07) is 8.75.